The molecular formula is C17H15N3O4. The molecule has 7 nitrogen and oxygen atoms in total. The first-order valence-electron chi connectivity index (χ1n) is 7.28. The second kappa shape index (κ2) is 6.08. The number of hydrogen-bond acceptors (Lipinski definition) is 6. The van der Waals surface area contributed by atoms with Gasteiger partial charge in [-0.2, -0.15) is 5.26 Å². The summed E-state index contributed by atoms with van der Waals surface area (Å²) in [6, 6.07) is 5.62. The smallest absolute Gasteiger partial charge is 0.343 e. The number of nitrogens with zero attached hydrogens (tertiary/aromatic N) is 3. The van der Waals surface area contributed by atoms with Gasteiger partial charge >= 0.3 is 5.97 Å². The minimum Gasteiger partial charge on any atom is -0.457 e. The van der Waals surface area contributed by atoms with Gasteiger partial charge in [-0.15, -0.1) is 0 Å². The van der Waals surface area contributed by atoms with Crippen LogP contribution in [0.4, 0.5) is 0 Å². The molecule has 0 aliphatic heterocycles. The van der Waals surface area contributed by atoms with E-state index in [1.54, 1.807) is 49.9 Å². The van der Waals surface area contributed by atoms with Crippen LogP contribution < -0.4 is 0 Å². The molecule has 3 heterocycles. The van der Waals surface area contributed by atoms with Crippen molar-refractivity contribution in [2.75, 3.05) is 0 Å². The maximum atomic E-state index is 12.5. The number of ether oxygens (including phenoxy) is 1. The highest BCUT2D eigenvalue weighted by atomic mass is 16.5. The Balaban J connectivity index is 1.89. The van der Waals surface area contributed by atoms with Gasteiger partial charge in [0, 0.05) is 12.4 Å². The molecule has 0 fully saturated rings. The monoisotopic (exact) mass is 325 g/mol. The molecule has 0 saturated heterocycles. The van der Waals surface area contributed by atoms with E-state index in [1.807, 2.05) is 6.07 Å². The second-order valence-electron chi connectivity index (χ2n) is 5.29. The largest absolute Gasteiger partial charge is 0.457 e. The van der Waals surface area contributed by atoms with Crippen molar-refractivity contribution in [1.29, 1.82) is 5.26 Å². The number of aryl methyl sites for hydroxylation is 3. The predicted molar refractivity (Wildman–Crippen MR) is 82.6 cm³/mol. The molecule has 24 heavy (non-hydrogen) atoms. The van der Waals surface area contributed by atoms with Gasteiger partial charge in [-0.1, -0.05) is 5.16 Å². The number of esters is 1. The Bertz CT molecular complexity index is 907. The Hall–Kier alpha value is -3.27. The van der Waals surface area contributed by atoms with E-state index in [0.29, 0.717) is 28.7 Å². The Labute approximate surface area is 138 Å². The first-order chi connectivity index (χ1) is 11.5. The summed E-state index contributed by atoms with van der Waals surface area (Å²) in [4.78, 5) is 12.5. The molecule has 0 spiro atoms. The van der Waals surface area contributed by atoms with Crippen molar-refractivity contribution in [3.05, 3.63) is 58.4 Å². The van der Waals surface area contributed by atoms with E-state index < -0.39 is 5.97 Å². The Morgan fingerprint density at radius 2 is 2.00 bits per heavy atom. The van der Waals surface area contributed by atoms with Gasteiger partial charge in [0.1, 0.15) is 35.3 Å². The first kappa shape index (κ1) is 15.6. The van der Waals surface area contributed by atoms with Crippen molar-refractivity contribution in [3.8, 4) is 12.0 Å². The lowest BCUT2D eigenvalue weighted by atomic mass is 10.1. The van der Waals surface area contributed by atoms with Crippen molar-refractivity contribution in [2.24, 2.45) is 0 Å². The van der Waals surface area contributed by atoms with E-state index in [4.69, 9.17) is 13.7 Å². The fourth-order valence-electron chi connectivity index (χ4n) is 2.45. The van der Waals surface area contributed by atoms with Crippen LogP contribution in [0, 0.1) is 32.1 Å². The molecule has 0 amide bonds. The third kappa shape index (κ3) is 2.58. The lowest BCUT2D eigenvalue weighted by Crippen LogP contribution is -2.08. The SMILES string of the molecule is Cc1noc(C)c1COC(=O)c1c(C)oc(-n2cccc2)c1C#N. The van der Waals surface area contributed by atoms with Crippen LogP contribution in [0.15, 0.2) is 33.5 Å². The van der Waals surface area contributed by atoms with E-state index in [1.165, 1.54) is 0 Å². The topological polar surface area (TPSA) is 94.2 Å². The molecule has 0 aliphatic carbocycles. The number of hydrogen-bond donors (Lipinski definition) is 0. The van der Waals surface area contributed by atoms with Gasteiger partial charge in [0.25, 0.3) is 0 Å². The predicted octanol–water partition coefficient (Wildman–Crippen LogP) is 3.21. The number of aromatic nitrogens is 2. The van der Waals surface area contributed by atoms with E-state index in [9.17, 15) is 10.1 Å². The van der Waals surface area contributed by atoms with Gasteiger partial charge in [-0.05, 0) is 32.9 Å². The zero-order valence-corrected chi connectivity index (χ0v) is 13.5. The van der Waals surface area contributed by atoms with Gasteiger partial charge in [0.2, 0.25) is 5.88 Å². The molecule has 0 atom stereocenters. The maximum Gasteiger partial charge on any atom is 0.343 e. The molecule has 3 rings (SSSR count). The van der Waals surface area contributed by atoms with Crippen LogP contribution in [0.1, 0.15) is 38.7 Å². The lowest BCUT2D eigenvalue weighted by molar-refractivity contribution is 0.0468. The normalized spacial score (nSPS) is 10.6. The highest BCUT2D eigenvalue weighted by Crippen LogP contribution is 2.26. The van der Waals surface area contributed by atoms with Gasteiger partial charge in [-0.25, -0.2) is 4.79 Å². The molecule has 0 bridgehead atoms. The number of carbonyl (C=O) groups is 1. The van der Waals surface area contributed by atoms with Crippen LogP contribution >= 0.6 is 0 Å². The van der Waals surface area contributed by atoms with Crippen molar-refractivity contribution >= 4 is 5.97 Å². The zero-order chi connectivity index (χ0) is 17.3. The average molecular weight is 325 g/mol. The van der Waals surface area contributed by atoms with Crippen molar-refractivity contribution in [1.82, 2.24) is 9.72 Å². The van der Waals surface area contributed by atoms with Crippen LogP contribution in [0.2, 0.25) is 0 Å². The van der Waals surface area contributed by atoms with Gasteiger partial charge < -0.3 is 13.7 Å². The molecule has 0 unspecified atom stereocenters. The standard InChI is InChI=1S/C17H15N3O4/c1-10-14(11(2)24-19-10)9-22-17(21)15-12(3)23-16(13(15)8-18)20-6-4-5-7-20/h4-7H,9H2,1-3H3. The molecule has 3 aromatic rings. The summed E-state index contributed by atoms with van der Waals surface area (Å²) < 4.78 is 17.6. The fraction of sp³-hybridized carbons (Fsp3) is 0.235. The second-order valence-corrected chi connectivity index (χ2v) is 5.29. The Morgan fingerprint density at radius 3 is 2.58 bits per heavy atom. The summed E-state index contributed by atoms with van der Waals surface area (Å²) in [5.41, 5.74) is 1.66. The highest BCUT2D eigenvalue weighted by molar-refractivity contribution is 5.94. The third-order valence-electron chi connectivity index (χ3n) is 3.75. The molecule has 3 aromatic heterocycles. The van der Waals surface area contributed by atoms with Gasteiger partial charge in [0.05, 0.1) is 11.3 Å². The first-order valence-corrected chi connectivity index (χ1v) is 7.28. The Morgan fingerprint density at radius 1 is 1.29 bits per heavy atom. The highest BCUT2D eigenvalue weighted by Gasteiger charge is 2.26. The van der Waals surface area contributed by atoms with Crippen LogP contribution in [-0.2, 0) is 11.3 Å². The molecule has 0 aliphatic rings. The molecule has 7 heteroatoms. The fourth-order valence-corrected chi connectivity index (χ4v) is 2.45. The molecule has 0 N–H and O–H groups in total. The van der Waals surface area contributed by atoms with Crippen molar-refractivity contribution in [3.63, 3.8) is 0 Å². The molecular weight excluding hydrogens is 310 g/mol. The van der Waals surface area contributed by atoms with Gasteiger partial charge in [-0.3, -0.25) is 4.57 Å². The molecule has 0 saturated carbocycles. The van der Waals surface area contributed by atoms with Crippen LogP contribution in [-0.4, -0.2) is 15.7 Å². The van der Waals surface area contributed by atoms with Gasteiger partial charge in [0.15, 0.2) is 0 Å². The van der Waals surface area contributed by atoms with Crippen LogP contribution in [0.25, 0.3) is 5.88 Å². The quantitative estimate of drug-likeness (QED) is 0.684. The number of rotatable bonds is 4. The minimum atomic E-state index is -0.619. The summed E-state index contributed by atoms with van der Waals surface area (Å²) in [6.07, 6.45) is 3.47. The van der Waals surface area contributed by atoms with E-state index in [2.05, 4.69) is 5.16 Å². The zero-order valence-electron chi connectivity index (χ0n) is 13.5. The summed E-state index contributed by atoms with van der Waals surface area (Å²) in [7, 11) is 0. The van der Waals surface area contributed by atoms with E-state index in [-0.39, 0.29) is 17.7 Å². The molecule has 0 radical (unpaired) electrons. The summed E-state index contributed by atoms with van der Waals surface area (Å²) in [5, 5.41) is 13.3. The molecule has 0 aromatic carbocycles. The average Bonchev–Trinajstić information content (AvgIpc) is 3.25. The third-order valence-corrected chi connectivity index (χ3v) is 3.75. The number of nitriles is 1. The minimum absolute atomic E-state index is 0.0222. The number of furan rings is 1. The van der Waals surface area contributed by atoms with Crippen LogP contribution in [0.3, 0.4) is 0 Å². The summed E-state index contributed by atoms with van der Waals surface area (Å²) in [6.45, 7) is 5.17. The molecule has 122 valence electrons. The summed E-state index contributed by atoms with van der Waals surface area (Å²) >= 11 is 0. The van der Waals surface area contributed by atoms with Crippen molar-refractivity contribution < 1.29 is 18.5 Å². The van der Waals surface area contributed by atoms with E-state index in [0.717, 1.165) is 0 Å². The number of carbonyl (C=O) groups excluding carboxylic acids is 1. The van der Waals surface area contributed by atoms with E-state index >= 15 is 0 Å². The Kier molecular flexibility index (Phi) is 3.96. The maximum absolute atomic E-state index is 12.5. The summed E-state index contributed by atoms with van der Waals surface area (Å²) in [5.74, 6) is 0.604. The lowest BCUT2D eigenvalue weighted by Gasteiger charge is -2.04. The van der Waals surface area contributed by atoms with Crippen LogP contribution in [0.5, 0.6) is 0 Å². The van der Waals surface area contributed by atoms with Crippen molar-refractivity contribution in [2.45, 2.75) is 27.4 Å².